The molecule has 1 saturated heterocycles. The van der Waals surface area contributed by atoms with E-state index in [0.29, 0.717) is 11.9 Å². The molecule has 0 spiro atoms. The van der Waals surface area contributed by atoms with Gasteiger partial charge in [0.05, 0.1) is 17.3 Å². The molecule has 4 aliphatic carbocycles. The van der Waals surface area contributed by atoms with E-state index in [1.807, 2.05) is 18.5 Å². The quantitative estimate of drug-likeness (QED) is 0.829. The maximum absolute atomic E-state index is 13.5. The highest BCUT2D eigenvalue weighted by Gasteiger charge is 2.55. The van der Waals surface area contributed by atoms with E-state index in [0.717, 1.165) is 37.4 Å². The number of pyridine rings is 1. The maximum Gasteiger partial charge on any atom is 0.228 e. The van der Waals surface area contributed by atoms with E-state index in [2.05, 4.69) is 27.8 Å². The number of piperazine rings is 1. The van der Waals surface area contributed by atoms with Crippen LogP contribution in [-0.4, -0.2) is 41.5 Å². The van der Waals surface area contributed by atoms with Crippen LogP contribution in [0, 0.1) is 23.2 Å². The Morgan fingerprint density at radius 2 is 1.80 bits per heavy atom. The molecule has 1 aromatic rings. The number of aromatic nitrogens is 1. The van der Waals surface area contributed by atoms with Crippen molar-refractivity contribution in [1.29, 1.82) is 0 Å². The largest absolute Gasteiger partial charge is 0.364 e. The van der Waals surface area contributed by atoms with Gasteiger partial charge in [0.25, 0.3) is 0 Å². The first-order chi connectivity index (χ1) is 12.1. The lowest BCUT2D eigenvalue weighted by Crippen LogP contribution is -2.60. The minimum atomic E-state index is 0.00490. The minimum absolute atomic E-state index is 0.00490. The molecule has 5 fully saturated rings. The minimum Gasteiger partial charge on any atom is -0.364 e. The summed E-state index contributed by atoms with van der Waals surface area (Å²) in [5.41, 5.74) is 1.18. The molecule has 1 amide bonds. The summed E-state index contributed by atoms with van der Waals surface area (Å²) >= 11 is 0. The van der Waals surface area contributed by atoms with Crippen molar-refractivity contribution in [2.24, 2.45) is 23.2 Å². The zero-order valence-electron chi connectivity index (χ0n) is 15.2. The first-order valence-electron chi connectivity index (χ1n) is 10.1. The smallest absolute Gasteiger partial charge is 0.228 e. The molecule has 1 atom stereocenters. The fourth-order valence-electron chi connectivity index (χ4n) is 6.76. The van der Waals surface area contributed by atoms with Crippen LogP contribution in [-0.2, 0) is 4.79 Å². The first-order valence-corrected chi connectivity index (χ1v) is 10.1. The van der Waals surface area contributed by atoms with Crippen LogP contribution in [0.3, 0.4) is 0 Å². The van der Waals surface area contributed by atoms with E-state index in [1.54, 1.807) is 0 Å². The fraction of sp³-hybridized carbons (Fsp3) is 0.714. The lowest BCUT2D eigenvalue weighted by Gasteiger charge is -2.57. The Kier molecular flexibility index (Phi) is 3.58. The lowest BCUT2D eigenvalue weighted by molar-refractivity contribution is -0.158. The van der Waals surface area contributed by atoms with Crippen LogP contribution in [0.15, 0.2) is 24.5 Å². The number of hydrogen-bond acceptors (Lipinski definition) is 3. The summed E-state index contributed by atoms with van der Waals surface area (Å²) < 4.78 is 0. The summed E-state index contributed by atoms with van der Waals surface area (Å²) in [6.45, 7) is 4.88. The van der Waals surface area contributed by atoms with Crippen LogP contribution in [0.5, 0.6) is 0 Å². The number of hydrogen-bond donors (Lipinski definition) is 0. The molecule has 5 aliphatic rings. The summed E-state index contributed by atoms with van der Waals surface area (Å²) in [6.07, 6.45) is 11.5. The van der Waals surface area contributed by atoms with Gasteiger partial charge in [0.2, 0.25) is 5.91 Å². The van der Waals surface area contributed by atoms with Crippen molar-refractivity contribution in [2.75, 3.05) is 24.5 Å². The molecule has 0 radical (unpaired) electrons. The molecular formula is C21H29N3O. The third-order valence-electron chi connectivity index (χ3n) is 7.38. The zero-order valence-corrected chi connectivity index (χ0v) is 15.2. The van der Waals surface area contributed by atoms with Gasteiger partial charge >= 0.3 is 0 Å². The Labute approximate surface area is 150 Å². The molecule has 2 heterocycles. The number of nitrogens with zero attached hydrogens (tertiary/aromatic N) is 3. The molecule has 4 nitrogen and oxygen atoms in total. The molecule has 134 valence electrons. The summed E-state index contributed by atoms with van der Waals surface area (Å²) in [5.74, 6) is 3.00. The summed E-state index contributed by atoms with van der Waals surface area (Å²) in [7, 11) is 0. The van der Waals surface area contributed by atoms with Gasteiger partial charge in [0, 0.05) is 31.9 Å². The molecule has 0 N–H and O–H groups in total. The van der Waals surface area contributed by atoms with Gasteiger partial charge in [-0.15, -0.1) is 0 Å². The second-order valence-electron chi connectivity index (χ2n) is 9.20. The van der Waals surface area contributed by atoms with Crippen LogP contribution in [0.25, 0.3) is 0 Å². The van der Waals surface area contributed by atoms with Crippen LogP contribution in [0.4, 0.5) is 5.69 Å². The average Bonchev–Trinajstić information content (AvgIpc) is 2.60. The van der Waals surface area contributed by atoms with Crippen molar-refractivity contribution < 1.29 is 4.79 Å². The Bertz CT molecular complexity index is 623. The lowest BCUT2D eigenvalue weighted by atomic mass is 9.49. The number of carbonyl (C=O) groups is 1. The highest BCUT2D eigenvalue weighted by atomic mass is 16.2. The van der Waals surface area contributed by atoms with Gasteiger partial charge in [-0.2, -0.15) is 0 Å². The van der Waals surface area contributed by atoms with Crippen LogP contribution in [0.1, 0.15) is 45.4 Å². The van der Waals surface area contributed by atoms with Crippen molar-refractivity contribution in [3.63, 3.8) is 0 Å². The molecule has 4 saturated carbocycles. The van der Waals surface area contributed by atoms with Crippen molar-refractivity contribution in [3.05, 3.63) is 24.5 Å². The van der Waals surface area contributed by atoms with Crippen LogP contribution >= 0.6 is 0 Å². The summed E-state index contributed by atoms with van der Waals surface area (Å²) in [6, 6.07) is 4.48. The molecule has 0 unspecified atom stereocenters. The van der Waals surface area contributed by atoms with E-state index in [4.69, 9.17) is 0 Å². The monoisotopic (exact) mass is 339 g/mol. The number of anilines is 1. The normalized spacial score (nSPS) is 39.7. The third-order valence-corrected chi connectivity index (χ3v) is 7.38. The second-order valence-corrected chi connectivity index (χ2v) is 9.20. The van der Waals surface area contributed by atoms with Gasteiger partial charge in [-0.1, -0.05) is 0 Å². The van der Waals surface area contributed by atoms with Crippen molar-refractivity contribution >= 4 is 11.6 Å². The van der Waals surface area contributed by atoms with Gasteiger partial charge in [0.15, 0.2) is 0 Å². The summed E-state index contributed by atoms with van der Waals surface area (Å²) in [5, 5.41) is 0. The molecule has 0 aromatic carbocycles. The Morgan fingerprint density at radius 3 is 2.36 bits per heavy atom. The van der Waals surface area contributed by atoms with E-state index >= 15 is 0 Å². The average molecular weight is 339 g/mol. The van der Waals surface area contributed by atoms with Crippen LogP contribution in [0.2, 0.25) is 0 Å². The van der Waals surface area contributed by atoms with E-state index in [-0.39, 0.29) is 5.41 Å². The van der Waals surface area contributed by atoms with Crippen molar-refractivity contribution in [3.8, 4) is 0 Å². The topological polar surface area (TPSA) is 36.4 Å². The molecule has 6 rings (SSSR count). The highest BCUT2D eigenvalue weighted by molar-refractivity contribution is 5.83. The third kappa shape index (κ3) is 2.56. The molecule has 25 heavy (non-hydrogen) atoms. The zero-order chi connectivity index (χ0) is 17.0. The van der Waals surface area contributed by atoms with Gasteiger partial charge in [-0.05, 0) is 75.3 Å². The Balaban J connectivity index is 1.31. The van der Waals surface area contributed by atoms with E-state index in [9.17, 15) is 4.79 Å². The SMILES string of the molecule is C[C@@H]1CN(C(=O)C23CC4CC(CC(C4)C2)C3)CCN1c1cccnc1. The second kappa shape index (κ2) is 5.72. The molecule has 1 aromatic heterocycles. The standard InChI is InChI=1S/C21H29N3O/c1-15-14-23(5-6-24(15)19-3-2-4-22-13-19)20(25)21-10-16-7-17(11-21)9-18(8-16)12-21/h2-4,13,15-18H,5-12,14H2,1H3/t15-,16?,17?,18?,21?/m1/s1. The fourth-order valence-corrected chi connectivity index (χ4v) is 6.76. The molecule has 1 aliphatic heterocycles. The number of carbonyl (C=O) groups excluding carboxylic acids is 1. The highest BCUT2D eigenvalue weighted by Crippen LogP contribution is 2.60. The summed E-state index contributed by atoms with van der Waals surface area (Å²) in [4.78, 5) is 22.4. The Morgan fingerprint density at radius 1 is 1.12 bits per heavy atom. The predicted molar refractivity (Wildman–Crippen MR) is 98.2 cm³/mol. The van der Waals surface area contributed by atoms with Gasteiger partial charge in [0.1, 0.15) is 0 Å². The molecule has 4 heteroatoms. The van der Waals surface area contributed by atoms with Crippen molar-refractivity contribution in [1.82, 2.24) is 9.88 Å². The number of rotatable bonds is 2. The van der Waals surface area contributed by atoms with Gasteiger partial charge in [-0.3, -0.25) is 9.78 Å². The van der Waals surface area contributed by atoms with E-state index < -0.39 is 0 Å². The number of amides is 1. The van der Waals surface area contributed by atoms with E-state index in [1.165, 1.54) is 44.2 Å². The van der Waals surface area contributed by atoms with Gasteiger partial charge < -0.3 is 9.80 Å². The van der Waals surface area contributed by atoms with Crippen LogP contribution < -0.4 is 4.90 Å². The molecular weight excluding hydrogens is 310 g/mol. The van der Waals surface area contributed by atoms with Crippen molar-refractivity contribution in [2.45, 2.75) is 51.5 Å². The Hall–Kier alpha value is -1.58. The molecule has 4 bridgehead atoms. The predicted octanol–water partition coefficient (Wildman–Crippen LogP) is 3.34. The maximum atomic E-state index is 13.5. The van der Waals surface area contributed by atoms with Gasteiger partial charge in [-0.25, -0.2) is 0 Å². The first kappa shape index (κ1) is 15.7.